The van der Waals surface area contributed by atoms with Crippen LogP contribution in [0.3, 0.4) is 0 Å². The Morgan fingerprint density at radius 1 is 1.25 bits per heavy atom. The molecular weight excluding hydrogens is 349 g/mol. The van der Waals surface area contributed by atoms with Gasteiger partial charge in [0.15, 0.2) is 0 Å². The van der Waals surface area contributed by atoms with E-state index in [1.54, 1.807) is 11.0 Å². The number of hydrogen-bond donors (Lipinski definition) is 2. The second-order valence-electron chi connectivity index (χ2n) is 5.54. The Labute approximate surface area is 155 Å². The first-order valence-electron chi connectivity index (χ1n) is 7.53. The number of benzene rings is 1. The third-order valence-electron chi connectivity index (χ3n) is 3.86. The van der Waals surface area contributed by atoms with Crippen LogP contribution in [0.1, 0.15) is 31.4 Å². The lowest BCUT2D eigenvalue weighted by molar-refractivity contribution is -0.123. The minimum Gasteiger partial charge on any atom is -0.351 e. The highest BCUT2D eigenvalue weighted by Gasteiger charge is 2.18. The summed E-state index contributed by atoms with van der Waals surface area (Å²) in [5, 5.41) is 6.96. The van der Waals surface area contributed by atoms with Crippen LogP contribution >= 0.6 is 24.8 Å². The Balaban J connectivity index is 0.00000264. The summed E-state index contributed by atoms with van der Waals surface area (Å²) in [6.07, 6.45) is 4.10. The average Bonchev–Trinajstić information content (AvgIpc) is 3.05. The molecule has 0 spiro atoms. The molecular formula is C16H25Cl2N5O. The molecule has 2 atom stereocenters. The van der Waals surface area contributed by atoms with Gasteiger partial charge in [-0.05, 0) is 17.0 Å². The van der Waals surface area contributed by atoms with Crippen LogP contribution in [0, 0.1) is 5.92 Å². The van der Waals surface area contributed by atoms with Gasteiger partial charge in [-0.25, -0.2) is 9.67 Å². The first-order chi connectivity index (χ1) is 10.6. The van der Waals surface area contributed by atoms with Crippen LogP contribution in [0.5, 0.6) is 0 Å². The quantitative estimate of drug-likeness (QED) is 0.778. The van der Waals surface area contributed by atoms with Gasteiger partial charge < -0.3 is 11.1 Å². The van der Waals surface area contributed by atoms with Crippen molar-refractivity contribution in [2.45, 2.75) is 39.4 Å². The number of carbonyl (C=O) groups excluding carboxylic acids is 1. The van der Waals surface area contributed by atoms with Crippen molar-refractivity contribution in [2.75, 3.05) is 0 Å². The molecule has 8 heteroatoms. The summed E-state index contributed by atoms with van der Waals surface area (Å²) in [5.41, 5.74) is 8.09. The van der Waals surface area contributed by atoms with E-state index >= 15 is 0 Å². The van der Waals surface area contributed by atoms with Crippen LogP contribution < -0.4 is 11.1 Å². The lowest BCUT2D eigenvalue weighted by Crippen LogP contribution is -2.44. The van der Waals surface area contributed by atoms with Crippen LogP contribution in [0.2, 0.25) is 0 Å². The third kappa shape index (κ3) is 6.47. The molecule has 6 nitrogen and oxygen atoms in total. The van der Waals surface area contributed by atoms with Gasteiger partial charge in [-0.2, -0.15) is 5.10 Å². The highest BCUT2D eigenvalue weighted by atomic mass is 35.5. The molecule has 0 saturated heterocycles. The van der Waals surface area contributed by atoms with Crippen LogP contribution in [-0.2, 0) is 17.9 Å². The molecule has 0 bridgehead atoms. The number of nitrogens with two attached hydrogens (primary N) is 1. The molecule has 0 aliphatic carbocycles. The Kier molecular flexibility index (Phi) is 10.3. The number of hydrogen-bond acceptors (Lipinski definition) is 4. The molecule has 134 valence electrons. The predicted octanol–water partition coefficient (Wildman–Crippen LogP) is 2.16. The number of nitrogens with zero attached hydrogens (tertiary/aromatic N) is 3. The van der Waals surface area contributed by atoms with Crippen molar-refractivity contribution in [3.8, 4) is 0 Å². The van der Waals surface area contributed by atoms with E-state index in [9.17, 15) is 4.79 Å². The molecule has 3 N–H and O–H groups in total. The third-order valence-corrected chi connectivity index (χ3v) is 3.86. The molecule has 0 fully saturated rings. The molecule has 2 rings (SSSR count). The number of carbonyl (C=O) groups is 1. The highest BCUT2D eigenvalue weighted by molar-refractivity contribution is 5.85. The first-order valence-corrected chi connectivity index (χ1v) is 7.53. The highest BCUT2D eigenvalue weighted by Crippen LogP contribution is 2.08. The van der Waals surface area contributed by atoms with Crippen LogP contribution in [0.15, 0.2) is 36.9 Å². The van der Waals surface area contributed by atoms with Crippen molar-refractivity contribution < 1.29 is 4.79 Å². The van der Waals surface area contributed by atoms with Gasteiger partial charge in [0, 0.05) is 6.54 Å². The molecule has 2 unspecified atom stereocenters. The van der Waals surface area contributed by atoms with E-state index < -0.39 is 6.04 Å². The average molecular weight is 374 g/mol. The maximum absolute atomic E-state index is 11.9. The summed E-state index contributed by atoms with van der Waals surface area (Å²) in [6.45, 7) is 5.20. The summed E-state index contributed by atoms with van der Waals surface area (Å²) < 4.78 is 1.77. The minimum atomic E-state index is -0.448. The van der Waals surface area contributed by atoms with Crippen LogP contribution in [0.25, 0.3) is 0 Å². The number of nitrogens with one attached hydrogen (secondary N) is 1. The zero-order valence-corrected chi connectivity index (χ0v) is 15.5. The van der Waals surface area contributed by atoms with Gasteiger partial charge in [0.05, 0.1) is 12.6 Å². The van der Waals surface area contributed by atoms with Crippen molar-refractivity contribution in [1.29, 1.82) is 0 Å². The van der Waals surface area contributed by atoms with Crippen molar-refractivity contribution in [3.05, 3.63) is 48.0 Å². The number of amides is 1. The fraction of sp³-hybridized carbons (Fsp3) is 0.438. The van der Waals surface area contributed by atoms with E-state index in [-0.39, 0.29) is 36.6 Å². The summed E-state index contributed by atoms with van der Waals surface area (Å²) >= 11 is 0. The van der Waals surface area contributed by atoms with Crippen molar-refractivity contribution >= 4 is 30.7 Å². The van der Waals surface area contributed by atoms with Gasteiger partial charge in [-0.1, -0.05) is 44.5 Å². The van der Waals surface area contributed by atoms with Gasteiger partial charge in [0.1, 0.15) is 12.7 Å². The van der Waals surface area contributed by atoms with Crippen LogP contribution in [0.4, 0.5) is 0 Å². The molecule has 1 amide bonds. The lowest BCUT2D eigenvalue weighted by atomic mass is 9.99. The number of aromatic nitrogens is 3. The van der Waals surface area contributed by atoms with E-state index in [0.717, 1.165) is 17.5 Å². The summed E-state index contributed by atoms with van der Waals surface area (Å²) in [4.78, 5) is 15.9. The smallest absolute Gasteiger partial charge is 0.237 e. The molecule has 24 heavy (non-hydrogen) atoms. The van der Waals surface area contributed by atoms with E-state index in [1.165, 1.54) is 6.33 Å². The fourth-order valence-corrected chi connectivity index (χ4v) is 2.08. The van der Waals surface area contributed by atoms with Crippen molar-refractivity contribution in [3.63, 3.8) is 0 Å². The Hall–Kier alpha value is -1.63. The number of rotatable bonds is 7. The van der Waals surface area contributed by atoms with Crippen molar-refractivity contribution in [1.82, 2.24) is 20.1 Å². The second kappa shape index (κ2) is 11.0. The molecule has 2 aromatic rings. The van der Waals surface area contributed by atoms with Gasteiger partial charge in [-0.15, -0.1) is 24.8 Å². The Bertz CT molecular complexity index is 589. The Morgan fingerprint density at radius 3 is 2.42 bits per heavy atom. The van der Waals surface area contributed by atoms with Gasteiger partial charge >= 0.3 is 0 Å². The van der Waals surface area contributed by atoms with E-state index in [0.29, 0.717) is 13.1 Å². The predicted molar refractivity (Wildman–Crippen MR) is 99.3 cm³/mol. The van der Waals surface area contributed by atoms with Crippen LogP contribution in [-0.4, -0.2) is 26.7 Å². The Morgan fingerprint density at radius 2 is 1.88 bits per heavy atom. The van der Waals surface area contributed by atoms with E-state index in [1.807, 2.05) is 38.1 Å². The maximum Gasteiger partial charge on any atom is 0.237 e. The van der Waals surface area contributed by atoms with Gasteiger partial charge in [0.25, 0.3) is 0 Å². The lowest BCUT2D eigenvalue weighted by Gasteiger charge is -2.17. The summed E-state index contributed by atoms with van der Waals surface area (Å²) in [5.74, 6) is 0.0890. The normalized spacial score (nSPS) is 12.5. The zero-order chi connectivity index (χ0) is 15.9. The zero-order valence-electron chi connectivity index (χ0n) is 13.9. The standard InChI is InChI=1S/C16H23N5O.2ClH/c1-3-12(2)15(17)16(22)19-8-13-4-6-14(7-5-13)9-21-11-18-10-20-21;;/h4-7,10-12,15H,3,8-9,17H2,1-2H3,(H,19,22);2*1H. The van der Waals surface area contributed by atoms with E-state index in [2.05, 4.69) is 15.4 Å². The first kappa shape index (κ1) is 22.4. The fourth-order valence-electron chi connectivity index (χ4n) is 2.08. The summed E-state index contributed by atoms with van der Waals surface area (Å²) in [7, 11) is 0. The largest absolute Gasteiger partial charge is 0.351 e. The number of halogens is 2. The minimum absolute atomic E-state index is 0. The SMILES string of the molecule is CCC(C)C(N)C(=O)NCc1ccc(Cn2cncn2)cc1.Cl.Cl. The monoisotopic (exact) mass is 373 g/mol. The van der Waals surface area contributed by atoms with Gasteiger partial charge in [0.2, 0.25) is 5.91 Å². The molecule has 0 aliphatic heterocycles. The maximum atomic E-state index is 11.9. The van der Waals surface area contributed by atoms with Gasteiger partial charge in [-0.3, -0.25) is 4.79 Å². The molecule has 0 saturated carbocycles. The summed E-state index contributed by atoms with van der Waals surface area (Å²) in [6, 6.07) is 7.61. The molecule has 1 aromatic carbocycles. The van der Waals surface area contributed by atoms with E-state index in [4.69, 9.17) is 5.73 Å². The van der Waals surface area contributed by atoms with Crippen molar-refractivity contribution in [2.24, 2.45) is 11.7 Å². The molecule has 0 aliphatic rings. The molecule has 0 radical (unpaired) electrons. The second-order valence-corrected chi connectivity index (χ2v) is 5.54. The molecule has 1 aromatic heterocycles. The molecule has 1 heterocycles. The topological polar surface area (TPSA) is 85.8 Å².